The van der Waals surface area contributed by atoms with Crippen molar-refractivity contribution in [2.24, 2.45) is 0 Å². The number of rotatable bonds is 2. The van der Waals surface area contributed by atoms with Crippen LogP contribution in [0.5, 0.6) is 0 Å². The third kappa shape index (κ3) is 3.21. The Morgan fingerprint density at radius 1 is 1.38 bits per heavy atom. The fraction of sp³-hybridized carbons (Fsp3) is 0.167. The quantitative estimate of drug-likeness (QED) is 0.616. The van der Waals surface area contributed by atoms with Crippen molar-refractivity contribution in [3.63, 3.8) is 0 Å². The van der Waals surface area contributed by atoms with Gasteiger partial charge in [0.2, 0.25) is 0 Å². The predicted octanol–water partition coefficient (Wildman–Crippen LogP) is 2.44. The molecular formula is C12H11BrN2O. The minimum absolute atomic E-state index is 0.132. The maximum Gasteiger partial charge on any atom is 0.264 e. The van der Waals surface area contributed by atoms with E-state index in [2.05, 4.69) is 15.9 Å². The van der Waals surface area contributed by atoms with Gasteiger partial charge in [0.05, 0.1) is 0 Å². The molecule has 0 aliphatic carbocycles. The summed E-state index contributed by atoms with van der Waals surface area (Å²) in [5.74, 6) is -0.287. The summed E-state index contributed by atoms with van der Waals surface area (Å²) in [5, 5.41) is 8.89. The normalized spacial score (nSPS) is 10.8. The molecule has 0 heterocycles. The molecule has 0 aliphatic heterocycles. The van der Waals surface area contributed by atoms with E-state index in [4.69, 9.17) is 5.26 Å². The summed E-state index contributed by atoms with van der Waals surface area (Å²) < 4.78 is 0.960. The van der Waals surface area contributed by atoms with Gasteiger partial charge in [-0.05, 0) is 23.8 Å². The van der Waals surface area contributed by atoms with Crippen LogP contribution in [0.15, 0.2) is 34.3 Å². The van der Waals surface area contributed by atoms with E-state index in [-0.39, 0.29) is 11.5 Å². The highest BCUT2D eigenvalue weighted by atomic mass is 79.9. The molecule has 0 aromatic heterocycles. The first kappa shape index (κ1) is 12.5. The molecule has 0 saturated carbocycles. The molecule has 16 heavy (non-hydrogen) atoms. The number of likely N-dealkylation sites (N-methyl/N-ethyl adjacent to an activating group) is 1. The Balaban J connectivity index is 3.02. The number of carbonyl (C=O) groups excluding carboxylic acids is 1. The van der Waals surface area contributed by atoms with Crippen molar-refractivity contribution in [1.29, 1.82) is 5.26 Å². The smallest absolute Gasteiger partial charge is 0.264 e. The SMILES string of the molecule is CN(C)C(=O)/C(C#N)=C\c1ccc(Br)cc1. The molecule has 0 N–H and O–H groups in total. The van der Waals surface area contributed by atoms with E-state index in [1.54, 1.807) is 20.2 Å². The van der Waals surface area contributed by atoms with Crippen LogP contribution in [0.3, 0.4) is 0 Å². The average molecular weight is 279 g/mol. The van der Waals surface area contributed by atoms with Crippen LogP contribution in [-0.2, 0) is 4.79 Å². The Morgan fingerprint density at radius 3 is 2.38 bits per heavy atom. The Labute approximate surface area is 103 Å². The lowest BCUT2D eigenvalue weighted by molar-refractivity contribution is -0.124. The van der Waals surface area contributed by atoms with Gasteiger partial charge in [0.1, 0.15) is 11.6 Å². The van der Waals surface area contributed by atoms with Crippen LogP contribution in [0.1, 0.15) is 5.56 Å². The Morgan fingerprint density at radius 2 is 1.94 bits per heavy atom. The lowest BCUT2D eigenvalue weighted by atomic mass is 10.1. The average Bonchev–Trinajstić information content (AvgIpc) is 2.27. The number of benzene rings is 1. The molecule has 0 fully saturated rings. The first-order valence-corrected chi connectivity index (χ1v) is 5.43. The van der Waals surface area contributed by atoms with Gasteiger partial charge in [-0.3, -0.25) is 4.79 Å². The number of halogens is 1. The zero-order valence-electron chi connectivity index (χ0n) is 9.07. The summed E-state index contributed by atoms with van der Waals surface area (Å²) >= 11 is 3.32. The van der Waals surface area contributed by atoms with E-state index in [1.807, 2.05) is 30.3 Å². The van der Waals surface area contributed by atoms with E-state index in [0.717, 1.165) is 10.0 Å². The monoisotopic (exact) mass is 278 g/mol. The minimum atomic E-state index is -0.287. The number of hydrogen-bond donors (Lipinski definition) is 0. The van der Waals surface area contributed by atoms with Crippen molar-refractivity contribution in [3.8, 4) is 6.07 Å². The fourth-order valence-electron chi connectivity index (χ4n) is 1.11. The standard InChI is InChI=1S/C12H11BrN2O/c1-15(2)12(16)10(8-14)7-9-3-5-11(13)6-4-9/h3-7H,1-2H3/b10-7-. The van der Waals surface area contributed by atoms with Gasteiger partial charge >= 0.3 is 0 Å². The van der Waals surface area contributed by atoms with Crippen molar-refractivity contribution in [1.82, 2.24) is 4.90 Å². The first-order chi connectivity index (χ1) is 7.54. The molecule has 4 heteroatoms. The second-order valence-corrected chi connectivity index (χ2v) is 4.34. The van der Waals surface area contributed by atoms with Crippen LogP contribution >= 0.6 is 15.9 Å². The van der Waals surface area contributed by atoms with Crippen LogP contribution in [-0.4, -0.2) is 24.9 Å². The summed E-state index contributed by atoms with van der Waals surface area (Å²) in [7, 11) is 3.24. The second kappa shape index (κ2) is 5.47. The van der Waals surface area contributed by atoms with E-state index < -0.39 is 0 Å². The van der Waals surface area contributed by atoms with Crippen LogP contribution < -0.4 is 0 Å². The van der Waals surface area contributed by atoms with E-state index in [0.29, 0.717) is 0 Å². The number of amides is 1. The van der Waals surface area contributed by atoms with E-state index in [1.165, 1.54) is 4.90 Å². The molecular weight excluding hydrogens is 268 g/mol. The summed E-state index contributed by atoms with van der Waals surface area (Å²) in [6.45, 7) is 0. The number of carbonyl (C=O) groups is 1. The highest BCUT2D eigenvalue weighted by Gasteiger charge is 2.10. The summed E-state index contributed by atoms with van der Waals surface area (Å²) in [5.41, 5.74) is 0.960. The summed E-state index contributed by atoms with van der Waals surface area (Å²) in [6.07, 6.45) is 1.58. The highest BCUT2D eigenvalue weighted by molar-refractivity contribution is 9.10. The van der Waals surface area contributed by atoms with E-state index in [9.17, 15) is 4.79 Å². The van der Waals surface area contributed by atoms with Gasteiger partial charge in [-0.25, -0.2) is 0 Å². The largest absolute Gasteiger partial charge is 0.344 e. The zero-order chi connectivity index (χ0) is 12.1. The Bertz CT molecular complexity index is 455. The van der Waals surface area contributed by atoms with Crippen molar-refractivity contribution in [3.05, 3.63) is 39.9 Å². The fourth-order valence-corrected chi connectivity index (χ4v) is 1.37. The van der Waals surface area contributed by atoms with Crippen molar-refractivity contribution in [2.45, 2.75) is 0 Å². The topological polar surface area (TPSA) is 44.1 Å². The highest BCUT2D eigenvalue weighted by Crippen LogP contribution is 2.13. The van der Waals surface area contributed by atoms with Crippen molar-refractivity contribution >= 4 is 27.9 Å². The van der Waals surface area contributed by atoms with Crippen LogP contribution in [0, 0.1) is 11.3 Å². The maximum absolute atomic E-state index is 11.6. The second-order valence-electron chi connectivity index (χ2n) is 3.42. The molecule has 0 atom stereocenters. The van der Waals surface area contributed by atoms with Gasteiger partial charge in [-0.2, -0.15) is 5.26 Å². The molecule has 1 amide bonds. The van der Waals surface area contributed by atoms with Crippen molar-refractivity contribution in [2.75, 3.05) is 14.1 Å². The molecule has 0 radical (unpaired) electrons. The molecule has 0 saturated heterocycles. The van der Waals surface area contributed by atoms with Crippen LogP contribution in [0.4, 0.5) is 0 Å². The molecule has 0 unspecified atom stereocenters. The molecule has 0 spiro atoms. The first-order valence-electron chi connectivity index (χ1n) is 4.63. The minimum Gasteiger partial charge on any atom is -0.344 e. The van der Waals surface area contributed by atoms with Crippen LogP contribution in [0.25, 0.3) is 6.08 Å². The summed E-state index contributed by atoms with van der Waals surface area (Å²) in [6, 6.07) is 9.30. The molecule has 0 aliphatic rings. The third-order valence-electron chi connectivity index (χ3n) is 1.94. The third-order valence-corrected chi connectivity index (χ3v) is 2.47. The number of hydrogen-bond acceptors (Lipinski definition) is 2. The van der Waals surface area contributed by atoms with Crippen molar-refractivity contribution < 1.29 is 4.79 Å². The Hall–Kier alpha value is -1.60. The molecule has 1 rings (SSSR count). The zero-order valence-corrected chi connectivity index (χ0v) is 10.7. The van der Waals surface area contributed by atoms with Gasteiger partial charge < -0.3 is 4.90 Å². The molecule has 1 aromatic rings. The Kier molecular flexibility index (Phi) is 4.27. The molecule has 0 bridgehead atoms. The van der Waals surface area contributed by atoms with Gasteiger partial charge in [0, 0.05) is 18.6 Å². The lowest BCUT2D eigenvalue weighted by Crippen LogP contribution is -2.22. The predicted molar refractivity (Wildman–Crippen MR) is 66.4 cm³/mol. The number of nitrogens with zero attached hydrogens (tertiary/aromatic N) is 2. The van der Waals surface area contributed by atoms with Gasteiger partial charge in [0.25, 0.3) is 5.91 Å². The van der Waals surface area contributed by atoms with Gasteiger partial charge in [-0.1, -0.05) is 28.1 Å². The number of nitriles is 1. The lowest BCUT2D eigenvalue weighted by Gasteiger charge is -2.08. The molecule has 82 valence electrons. The van der Waals surface area contributed by atoms with Gasteiger partial charge in [0.15, 0.2) is 0 Å². The maximum atomic E-state index is 11.6. The molecule has 1 aromatic carbocycles. The van der Waals surface area contributed by atoms with E-state index >= 15 is 0 Å². The molecule has 3 nitrogen and oxygen atoms in total. The van der Waals surface area contributed by atoms with Gasteiger partial charge in [-0.15, -0.1) is 0 Å². The summed E-state index contributed by atoms with van der Waals surface area (Å²) in [4.78, 5) is 13.0. The van der Waals surface area contributed by atoms with Crippen LogP contribution in [0.2, 0.25) is 0 Å².